The Kier molecular flexibility index (Phi) is 3.76. The van der Waals surface area contributed by atoms with Crippen LogP contribution in [-0.4, -0.2) is 14.5 Å². The van der Waals surface area contributed by atoms with E-state index < -0.39 is 0 Å². The predicted octanol–water partition coefficient (Wildman–Crippen LogP) is 2.32. The number of nitrogens with zero attached hydrogens (tertiary/aromatic N) is 3. The van der Waals surface area contributed by atoms with Crippen LogP contribution in [0.15, 0.2) is 30.7 Å². The normalized spacial score (nSPS) is 12.6. The summed E-state index contributed by atoms with van der Waals surface area (Å²) in [7, 11) is 1.91. The molecular weight excluding hydrogens is 236 g/mol. The van der Waals surface area contributed by atoms with Gasteiger partial charge in [0.05, 0.1) is 12.7 Å². The van der Waals surface area contributed by atoms with Gasteiger partial charge in [-0.3, -0.25) is 4.98 Å². The van der Waals surface area contributed by atoms with Crippen molar-refractivity contribution in [3.63, 3.8) is 0 Å². The van der Waals surface area contributed by atoms with Crippen molar-refractivity contribution in [3.8, 4) is 0 Å². The highest BCUT2D eigenvalue weighted by Gasteiger charge is 2.07. The maximum Gasteiger partial charge on any atom is 0.128 e. The first-order valence-corrected chi connectivity index (χ1v) is 5.85. The summed E-state index contributed by atoms with van der Waals surface area (Å²) < 4.78 is 1.87. The second-order valence-corrected chi connectivity index (χ2v) is 4.33. The zero-order chi connectivity index (χ0) is 12.3. The smallest absolute Gasteiger partial charge is 0.128 e. The Hall–Kier alpha value is -1.39. The van der Waals surface area contributed by atoms with Crippen LogP contribution >= 0.6 is 11.6 Å². The SMILES string of the molecule is CC(NCc1ncc(Cl)n1C)c1ccncc1. The van der Waals surface area contributed by atoms with Crippen LogP contribution in [0, 0.1) is 0 Å². The molecule has 1 N–H and O–H groups in total. The van der Waals surface area contributed by atoms with Crippen LogP contribution in [0.1, 0.15) is 24.4 Å². The summed E-state index contributed by atoms with van der Waals surface area (Å²) in [4.78, 5) is 8.24. The van der Waals surface area contributed by atoms with Crippen molar-refractivity contribution >= 4 is 11.6 Å². The van der Waals surface area contributed by atoms with Gasteiger partial charge in [-0.15, -0.1) is 0 Å². The van der Waals surface area contributed by atoms with Gasteiger partial charge in [0.1, 0.15) is 11.0 Å². The fourth-order valence-electron chi connectivity index (χ4n) is 1.60. The van der Waals surface area contributed by atoms with E-state index in [2.05, 4.69) is 22.2 Å². The second-order valence-electron chi connectivity index (χ2n) is 3.94. The molecule has 0 aliphatic rings. The van der Waals surface area contributed by atoms with Crippen LogP contribution in [0.25, 0.3) is 0 Å². The summed E-state index contributed by atoms with van der Waals surface area (Å²) in [5.41, 5.74) is 1.21. The van der Waals surface area contributed by atoms with Crippen LogP contribution in [0.4, 0.5) is 0 Å². The van der Waals surface area contributed by atoms with Crippen molar-refractivity contribution in [2.24, 2.45) is 7.05 Å². The first-order valence-electron chi connectivity index (χ1n) is 5.48. The van der Waals surface area contributed by atoms with Gasteiger partial charge in [0.25, 0.3) is 0 Å². The highest BCUT2D eigenvalue weighted by atomic mass is 35.5. The van der Waals surface area contributed by atoms with Crippen molar-refractivity contribution in [1.82, 2.24) is 19.9 Å². The molecule has 0 fully saturated rings. The Morgan fingerprint density at radius 2 is 2.12 bits per heavy atom. The molecule has 4 nitrogen and oxygen atoms in total. The van der Waals surface area contributed by atoms with Crippen LogP contribution in [0.5, 0.6) is 0 Å². The summed E-state index contributed by atoms with van der Waals surface area (Å²) >= 11 is 5.93. The minimum Gasteiger partial charge on any atom is -0.321 e. The lowest BCUT2D eigenvalue weighted by Crippen LogP contribution is -2.20. The quantitative estimate of drug-likeness (QED) is 0.906. The van der Waals surface area contributed by atoms with E-state index in [0.717, 1.165) is 5.82 Å². The average molecular weight is 251 g/mol. The second kappa shape index (κ2) is 5.29. The van der Waals surface area contributed by atoms with Gasteiger partial charge in [-0.25, -0.2) is 4.98 Å². The summed E-state index contributed by atoms with van der Waals surface area (Å²) in [6, 6.07) is 4.26. The molecule has 0 saturated carbocycles. The van der Waals surface area contributed by atoms with Crippen molar-refractivity contribution in [3.05, 3.63) is 47.3 Å². The molecule has 0 aliphatic heterocycles. The molecule has 0 aliphatic carbocycles. The van der Waals surface area contributed by atoms with Gasteiger partial charge >= 0.3 is 0 Å². The maximum absolute atomic E-state index is 5.93. The van der Waals surface area contributed by atoms with E-state index in [4.69, 9.17) is 11.6 Å². The van der Waals surface area contributed by atoms with Crippen LogP contribution in [-0.2, 0) is 13.6 Å². The number of hydrogen-bond donors (Lipinski definition) is 1. The minimum absolute atomic E-state index is 0.258. The van der Waals surface area contributed by atoms with Crippen molar-refractivity contribution in [2.75, 3.05) is 0 Å². The lowest BCUT2D eigenvalue weighted by molar-refractivity contribution is 0.549. The lowest BCUT2D eigenvalue weighted by Gasteiger charge is -2.13. The van der Waals surface area contributed by atoms with Gasteiger partial charge in [-0.2, -0.15) is 0 Å². The van der Waals surface area contributed by atoms with Crippen LogP contribution in [0.3, 0.4) is 0 Å². The number of aromatic nitrogens is 3. The Balaban J connectivity index is 1.97. The molecule has 0 amide bonds. The van der Waals surface area contributed by atoms with Crippen molar-refractivity contribution < 1.29 is 0 Å². The standard InChI is InChI=1S/C12H15ClN4/c1-9(10-3-5-14-6-4-10)15-8-12-16-7-11(13)17(12)2/h3-7,9,15H,8H2,1-2H3. The van der Waals surface area contributed by atoms with E-state index in [-0.39, 0.29) is 6.04 Å². The van der Waals surface area contributed by atoms with Gasteiger partial charge in [0.2, 0.25) is 0 Å². The molecule has 5 heteroatoms. The molecule has 90 valence electrons. The van der Waals surface area contributed by atoms with E-state index in [1.807, 2.05) is 23.7 Å². The number of nitrogens with one attached hydrogen (secondary N) is 1. The number of imidazole rings is 1. The summed E-state index contributed by atoms with van der Waals surface area (Å²) in [5, 5.41) is 4.05. The average Bonchev–Trinajstić information content (AvgIpc) is 2.68. The fraction of sp³-hybridized carbons (Fsp3) is 0.333. The molecule has 0 spiro atoms. The van der Waals surface area contributed by atoms with Gasteiger partial charge in [-0.1, -0.05) is 11.6 Å². The Morgan fingerprint density at radius 1 is 1.41 bits per heavy atom. The topological polar surface area (TPSA) is 42.7 Å². The van der Waals surface area contributed by atoms with E-state index in [1.54, 1.807) is 18.6 Å². The summed E-state index contributed by atoms with van der Waals surface area (Å²) in [6.07, 6.45) is 5.26. The van der Waals surface area contributed by atoms with Crippen molar-refractivity contribution in [2.45, 2.75) is 19.5 Å². The molecule has 2 heterocycles. The zero-order valence-corrected chi connectivity index (χ0v) is 10.6. The number of pyridine rings is 1. The molecular formula is C12H15ClN4. The molecule has 0 radical (unpaired) electrons. The molecule has 2 aromatic heterocycles. The Morgan fingerprint density at radius 3 is 2.71 bits per heavy atom. The first-order chi connectivity index (χ1) is 8.18. The third-order valence-corrected chi connectivity index (χ3v) is 3.15. The van der Waals surface area contributed by atoms with Crippen LogP contribution < -0.4 is 5.32 Å². The third kappa shape index (κ3) is 2.84. The molecule has 2 rings (SSSR count). The fourth-order valence-corrected chi connectivity index (χ4v) is 1.75. The van der Waals surface area contributed by atoms with E-state index in [9.17, 15) is 0 Å². The maximum atomic E-state index is 5.93. The third-order valence-electron chi connectivity index (χ3n) is 2.80. The van der Waals surface area contributed by atoms with E-state index >= 15 is 0 Å². The molecule has 1 unspecified atom stereocenters. The molecule has 0 aromatic carbocycles. The number of rotatable bonds is 4. The molecule has 0 saturated heterocycles. The van der Waals surface area contributed by atoms with Gasteiger partial charge < -0.3 is 9.88 Å². The number of hydrogen-bond acceptors (Lipinski definition) is 3. The summed E-state index contributed by atoms with van der Waals surface area (Å²) in [6.45, 7) is 2.80. The van der Waals surface area contributed by atoms with Crippen molar-refractivity contribution in [1.29, 1.82) is 0 Å². The number of halogens is 1. The van der Waals surface area contributed by atoms with Crippen LogP contribution in [0.2, 0.25) is 5.15 Å². The minimum atomic E-state index is 0.258. The lowest BCUT2D eigenvalue weighted by atomic mass is 10.1. The van der Waals surface area contributed by atoms with Gasteiger partial charge in [0.15, 0.2) is 0 Å². The highest BCUT2D eigenvalue weighted by molar-refractivity contribution is 6.29. The van der Waals surface area contributed by atoms with E-state index in [1.165, 1.54) is 5.56 Å². The monoisotopic (exact) mass is 250 g/mol. The molecule has 2 aromatic rings. The molecule has 0 bridgehead atoms. The first kappa shape index (κ1) is 12.1. The summed E-state index contributed by atoms with van der Waals surface area (Å²) in [5.74, 6) is 0.927. The van der Waals surface area contributed by atoms with Gasteiger partial charge in [-0.05, 0) is 24.6 Å². The van der Waals surface area contributed by atoms with Gasteiger partial charge in [0, 0.05) is 25.5 Å². The van der Waals surface area contributed by atoms with E-state index in [0.29, 0.717) is 11.7 Å². The highest BCUT2D eigenvalue weighted by Crippen LogP contribution is 2.13. The largest absolute Gasteiger partial charge is 0.321 e. The Bertz CT molecular complexity index is 481. The predicted molar refractivity (Wildman–Crippen MR) is 67.7 cm³/mol. The molecule has 17 heavy (non-hydrogen) atoms. The molecule has 1 atom stereocenters. The zero-order valence-electron chi connectivity index (χ0n) is 9.89. The Labute approximate surface area is 106 Å².